The van der Waals surface area contributed by atoms with Crippen LogP contribution in [0.25, 0.3) is 0 Å². The number of hydrogen-bond donors (Lipinski definition) is 2. The first-order chi connectivity index (χ1) is 14.5. The molecule has 3 rings (SSSR count). The number of anilines is 2. The van der Waals surface area contributed by atoms with E-state index in [0.29, 0.717) is 22.7 Å². The Morgan fingerprint density at radius 1 is 0.867 bits per heavy atom. The third-order valence-corrected chi connectivity index (χ3v) is 4.51. The average Bonchev–Trinajstić information content (AvgIpc) is 2.74. The van der Waals surface area contributed by atoms with Crippen molar-refractivity contribution in [1.82, 2.24) is 0 Å². The van der Waals surface area contributed by atoms with Gasteiger partial charge in [0.2, 0.25) is 0 Å². The Bertz CT molecular complexity index is 1050. The zero-order chi connectivity index (χ0) is 21.5. The van der Waals surface area contributed by atoms with Gasteiger partial charge in [-0.05, 0) is 67.4 Å². The number of ether oxygens (including phenoxy) is 2. The fourth-order valence-electron chi connectivity index (χ4n) is 2.86. The molecule has 0 bridgehead atoms. The zero-order valence-electron chi connectivity index (χ0n) is 17.2. The molecule has 0 heterocycles. The van der Waals surface area contributed by atoms with E-state index >= 15 is 0 Å². The first-order valence-electron chi connectivity index (χ1n) is 9.50. The lowest BCUT2D eigenvalue weighted by atomic mass is 10.1. The largest absolute Gasteiger partial charge is 0.495 e. The van der Waals surface area contributed by atoms with Gasteiger partial charge in [0.15, 0.2) is 6.61 Å². The molecule has 6 heteroatoms. The van der Waals surface area contributed by atoms with Crippen molar-refractivity contribution >= 4 is 23.2 Å². The topological polar surface area (TPSA) is 76.7 Å². The quantitative estimate of drug-likeness (QED) is 0.604. The van der Waals surface area contributed by atoms with Gasteiger partial charge >= 0.3 is 0 Å². The van der Waals surface area contributed by atoms with E-state index in [4.69, 9.17) is 9.47 Å². The summed E-state index contributed by atoms with van der Waals surface area (Å²) in [4.78, 5) is 24.6. The van der Waals surface area contributed by atoms with Gasteiger partial charge in [-0.1, -0.05) is 24.3 Å². The fraction of sp³-hybridized carbons (Fsp3) is 0.167. The molecule has 0 aliphatic heterocycles. The molecule has 6 nitrogen and oxygen atoms in total. The van der Waals surface area contributed by atoms with Gasteiger partial charge in [0.1, 0.15) is 11.5 Å². The number of rotatable bonds is 7. The summed E-state index contributed by atoms with van der Waals surface area (Å²) >= 11 is 0. The molecule has 0 spiro atoms. The highest BCUT2D eigenvalue weighted by Gasteiger charge is 2.11. The number of hydrogen-bond acceptors (Lipinski definition) is 4. The molecule has 30 heavy (non-hydrogen) atoms. The monoisotopic (exact) mass is 404 g/mol. The van der Waals surface area contributed by atoms with Crippen molar-refractivity contribution < 1.29 is 19.1 Å². The van der Waals surface area contributed by atoms with E-state index < -0.39 is 0 Å². The Hall–Kier alpha value is -3.80. The molecule has 0 saturated carbocycles. The van der Waals surface area contributed by atoms with E-state index in [9.17, 15) is 9.59 Å². The first-order valence-corrected chi connectivity index (χ1v) is 9.50. The highest BCUT2D eigenvalue weighted by atomic mass is 16.5. The maximum Gasteiger partial charge on any atom is 0.262 e. The molecule has 0 aliphatic rings. The van der Waals surface area contributed by atoms with E-state index in [-0.39, 0.29) is 18.4 Å². The van der Waals surface area contributed by atoms with Crippen LogP contribution in [0.3, 0.4) is 0 Å². The third-order valence-electron chi connectivity index (χ3n) is 4.51. The molecular formula is C24H24N2O4. The van der Waals surface area contributed by atoms with E-state index in [1.54, 1.807) is 31.4 Å². The minimum atomic E-state index is -0.261. The van der Waals surface area contributed by atoms with Gasteiger partial charge in [0.05, 0.1) is 12.8 Å². The second-order valence-corrected chi connectivity index (χ2v) is 6.83. The van der Waals surface area contributed by atoms with Crippen LogP contribution in [-0.2, 0) is 4.79 Å². The molecule has 0 fully saturated rings. The zero-order valence-corrected chi connectivity index (χ0v) is 17.2. The van der Waals surface area contributed by atoms with Crippen LogP contribution in [0.2, 0.25) is 0 Å². The second kappa shape index (κ2) is 9.60. The van der Waals surface area contributed by atoms with E-state index in [0.717, 1.165) is 16.8 Å². The third kappa shape index (κ3) is 5.38. The lowest BCUT2D eigenvalue weighted by molar-refractivity contribution is -0.118. The molecule has 3 aromatic carbocycles. The fourth-order valence-corrected chi connectivity index (χ4v) is 2.86. The summed E-state index contributed by atoms with van der Waals surface area (Å²) in [6.07, 6.45) is 0. The molecule has 3 aromatic rings. The molecule has 0 radical (unpaired) electrons. The van der Waals surface area contributed by atoms with Crippen molar-refractivity contribution in [3.05, 3.63) is 83.4 Å². The van der Waals surface area contributed by atoms with Crippen molar-refractivity contribution in [2.75, 3.05) is 24.4 Å². The van der Waals surface area contributed by atoms with Crippen LogP contribution in [0.15, 0.2) is 66.7 Å². The van der Waals surface area contributed by atoms with Crippen LogP contribution in [0.4, 0.5) is 11.4 Å². The molecule has 2 N–H and O–H groups in total. The summed E-state index contributed by atoms with van der Waals surface area (Å²) < 4.78 is 10.8. The highest BCUT2D eigenvalue weighted by molar-refractivity contribution is 6.05. The summed E-state index contributed by atoms with van der Waals surface area (Å²) in [6.45, 7) is 3.74. The summed E-state index contributed by atoms with van der Waals surface area (Å²) in [5.41, 5.74) is 3.82. The Morgan fingerprint density at radius 2 is 1.60 bits per heavy atom. The lowest BCUT2D eigenvalue weighted by Crippen LogP contribution is -2.20. The number of carbonyl (C=O) groups excluding carboxylic acids is 2. The number of para-hydroxylation sites is 1. The second-order valence-electron chi connectivity index (χ2n) is 6.83. The highest BCUT2D eigenvalue weighted by Crippen LogP contribution is 2.26. The number of nitrogens with one attached hydrogen (secondary N) is 2. The Labute approximate surface area is 175 Å². The van der Waals surface area contributed by atoms with Gasteiger partial charge in [-0.25, -0.2) is 0 Å². The molecule has 2 amide bonds. The Balaban J connectivity index is 1.57. The van der Waals surface area contributed by atoms with Crippen LogP contribution in [-0.4, -0.2) is 25.5 Å². The van der Waals surface area contributed by atoms with Crippen LogP contribution in [0.5, 0.6) is 11.5 Å². The summed E-state index contributed by atoms with van der Waals surface area (Å²) in [6, 6.07) is 19.7. The predicted molar refractivity (Wildman–Crippen MR) is 117 cm³/mol. The summed E-state index contributed by atoms with van der Waals surface area (Å²) in [5.74, 6) is 0.577. The number of amides is 2. The van der Waals surface area contributed by atoms with Gasteiger partial charge in [0, 0.05) is 11.3 Å². The van der Waals surface area contributed by atoms with Crippen LogP contribution >= 0.6 is 0 Å². The van der Waals surface area contributed by atoms with Gasteiger partial charge in [-0.3, -0.25) is 9.59 Å². The molecular weight excluding hydrogens is 380 g/mol. The van der Waals surface area contributed by atoms with Crippen molar-refractivity contribution in [3.63, 3.8) is 0 Å². The van der Waals surface area contributed by atoms with Gasteiger partial charge in [0.25, 0.3) is 11.8 Å². The molecule has 154 valence electrons. The normalized spacial score (nSPS) is 10.2. The molecule has 0 atom stereocenters. The van der Waals surface area contributed by atoms with Crippen molar-refractivity contribution in [2.24, 2.45) is 0 Å². The lowest BCUT2D eigenvalue weighted by Gasteiger charge is -2.12. The van der Waals surface area contributed by atoms with E-state index in [1.807, 2.05) is 56.3 Å². The van der Waals surface area contributed by atoms with Crippen molar-refractivity contribution in [3.8, 4) is 11.5 Å². The summed E-state index contributed by atoms with van der Waals surface area (Å²) in [5, 5.41) is 5.66. The van der Waals surface area contributed by atoms with Crippen LogP contribution in [0.1, 0.15) is 21.5 Å². The number of benzene rings is 3. The smallest absolute Gasteiger partial charge is 0.262 e. The maximum absolute atomic E-state index is 12.5. The predicted octanol–water partition coefficient (Wildman–Crippen LogP) is 4.58. The molecule has 0 saturated heterocycles. The van der Waals surface area contributed by atoms with Gasteiger partial charge in [-0.2, -0.15) is 0 Å². The van der Waals surface area contributed by atoms with Crippen LogP contribution in [0, 0.1) is 13.8 Å². The maximum atomic E-state index is 12.5. The van der Waals surface area contributed by atoms with Crippen molar-refractivity contribution in [2.45, 2.75) is 13.8 Å². The van der Waals surface area contributed by atoms with E-state index in [2.05, 4.69) is 10.6 Å². The minimum absolute atomic E-state index is 0.125. The molecule has 0 aromatic heterocycles. The number of aryl methyl sites for hydroxylation is 2. The first kappa shape index (κ1) is 20.9. The number of methoxy groups -OCH3 is 1. The SMILES string of the molecule is COc1ccc(C)cc1NC(=O)c1ccc(OCC(=O)Nc2ccccc2C)cc1. The van der Waals surface area contributed by atoms with Crippen molar-refractivity contribution in [1.29, 1.82) is 0 Å². The van der Waals surface area contributed by atoms with Crippen LogP contribution < -0.4 is 20.1 Å². The van der Waals surface area contributed by atoms with Gasteiger partial charge < -0.3 is 20.1 Å². The molecule has 0 unspecified atom stereocenters. The number of carbonyl (C=O) groups is 2. The Kier molecular flexibility index (Phi) is 6.70. The average molecular weight is 404 g/mol. The van der Waals surface area contributed by atoms with E-state index in [1.165, 1.54) is 0 Å². The molecule has 0 aliphatic carbocycles. The van der Waals surface area contributed by atoms with Gasteiger partial charge in [-0.15, -0.1) is 0 Å². The summed E-state index contributed by atoms with van der Waals surface area (Å²) in [7, 11) is 1.56. The Morgan fingerprint density at radius 3 is 2.30 bits per heavy atom. The standard InChI is InChI=1S/C24H24N2O4/c1-16-8-13-22(29-3)21(14-16)26-24(28)18-9-11-19(12-10-18)30-15-23(27)25-20-7-5-4-6-17(20)2/h4-14H,15H2,1-3H3,(H,25,27)(H,26,28). The minimum Gasteiger partial charge on any atom is -0.495 e.